The van der Waals surface area contributed by atoms with Crippen LogP contribution in [0, 0.1) is 5.92 Å². The Morgan fingerprint density at radius 1 is 1.15 bits per heavy atom. The predicted molar refractivity (Wildman–Crippen MR) is 82.7 cm³/mol. The molecule has 0 aliphatic heterocycles. The lowest BCUT2D eigenvalue weighted by Crippen LogP contribution is -2.22. The van der Waals surface area contributed by atoms with Crippen molar-refractivity contribution in [1.82, 2.24) is 0 Å². The summed E-state index contributed by atoms with van der Waals surface area (Å²) in [5.41, 5.74) is 1.41. The average molecular weight is 276 g/mol. The fourth-order valence-corrected chi connectivity index (χ4v) is 2.09. The monoisotopic (exact) mass is 276 g/mol. The van der Waals surface area contributed by atoms with Crippen LogP contribution in [0.3, 0.4) is 0 Å². The second kappa shape index (κ2) is 8.35. The van der Waals surface area contributed by atoms with E-state index in [9.17, 15) is 9.59 Å². The van der Waals surface area contributed by atoms with Crippen molar-refractivity contribution in [3.63, 3.8) is 0 Å². The molecule has 0 bridgehead atoms. The minimum atomic E-state index is -0.122. The molecule has 2 amide bonds. The van der Waals surface area contributed by atoms with Gasteiger partial charge in [-0.25, -0.2) is 0 Å². The molecular weight excluding hydrogens is 252 g/mol. The smallest absolute Gasteiger partial charge is 0.227 e. The van der Waals surface area contributed by atoms with Gasteiger partial charge in [0.1, 0.15) is 0 Å². The van der Waals surface area contributed by atoms with E-state index in [0.717, 1.165) is 31.4 Å². The maximum absolute atomic E-state index is 12.2. The largest absolute Gasteiger partial charge is 0.326 e. The van der Waals surface area contributed by atoms with E-state index >= 15 is 0 Å². The average Bonchev–Trinajstić information content (AvgIpc) is 2.39. The first-order valence-corrected chi connectivity index (χ1v) is 7.25. The number of anilines is 2. The van der Waals surface area contributed by atoms with Crippen LogP contribution < -0.4 is 10.6 Å². The molecule has 4 heteroatoms. The normalized spacial score (nSPS) is 11.8. The second-order valence-electron chi connectivity index (χ2n) is 5.00. The number of benzene rings is 1. The van der Waals surface area contributed by atoms with Crippen molar-refractivity contribution in [2.24, 2.45) is 5.92 Å². The maximum Gasteiger partial charge on any atom is 0.227 e. The molecule has 0 heterocycles. The summed E-state index contributed by atoms with van der Waals surface area (Å²) in [7, 11) is 0. The van der Waals surface area contributed by atoms with Crippen molar-refractivity contribution in [3.05, 3.63) is 24.3 Å². The molecule has 0 spiro atoms. The molecule has 2 N–H and O–H groups in total. The fraction of sp³-hybridized carbons (Fsp3) is 0.500. The van der Waals surface area contributed by atoms with E-state index in [1.54, 1.807) is 12.1 Å². The quantitative estimate of drug-likeness (QED) is 0.795. The van der Waals surface area contributed by atoms with Crippen LogP contribution in [0.4, 0.5) is 11.4 Å². The van der Waals surface area contributed by atoms with E-state index in [1.807, 2.05) is 19.1 Å². The molecule has 4 nitrogen and oxygen atoms in total. The second-order valence-corrected chi connectivity index (χ2v) is 5.00. The van der Waals surface area contributed by atoms with E-state index in [0.29, 0.717) is 5.69 Å². The number of nitrogens with one attached hydrogen (secondary N) is 2. The van der Waals surface area contributed by atoms with Gasteiger partial charge in [-0.3, -0.25) is 9.59 Å². The highest BCUT2D eigenvalue weighted by molar-refractivity contribution is 5.94. The van der Waals surface area contributed by atoms with E-state index < -0.39 is 0 Å². The summed E-state index contributed by atoms with van der Waals surface area (Å²) in [6.07, 6.45) is 3.93. The van der Waals surface area contributed by atoms with Crippen LogP contribution in [-0.4, -0.2) is 11.8 Å². The summed E-state index contributed by atoms with van der Waals surface area (Å²) < 4.78 is 0. The number of carbonyl (C=O) groups is 2. The molecule has 1 unspecified atom stereocenters. The predicted octanol–water partition coefficient (Wildman–Crippen LogP) is 3.80. The molecule has 0 saturated heterocycles. The molecule has 20 heavy (non-hydrogen) atoms. The number of hydrogen-bond acceptors (Lipinski definition) is 2. The SMILES string of the molecule is CCCCC(CC)C(=O)Nc1cccc(NC(C)=O)c1. The van der Waals surface area contributed by atoms with Gasteiger partial charge in [-0.15, -0.1) is 0 Å². The highest BCUT2D eigenvalue weighted by Gasteiger charge is 2.15. The summed E-state index contributed by atoms with van der Waals surface area (Å²) in [5.74, 6) is -0.0110. The molecule has 1 rings (SSSR count). The van der Waals surface area contributed by atoms with Gasteiger partial charge in [0.2, 0.25) is 11.8 Å². The Balaban J connectivity index is 2.66. The van der Waals surface area contributed by atoms with E-state index in [4.69, 9.17) is 0 Å². The van der Waals surface area contributed by atoms with Crippen LogP contribution in [0.25, 0.3) is 0 Å². The van der Waals surface area contributed by atoms with Crippen molar-refractivity contribution in [1.29, 1.82) is 0 Å². The Bertz CT molecular complexity index is 458. The molecule has 1 aromatic carbocycles. The number of hydrogen-bond donors (Lipinski definition) is 2. The third-order valence-electron chi connectivity index (χ3n) is 3.22. The Kier molecular flexibility index (Phi) is 6.77. The van der Waals surface area contributed by atoms with Crippen LogP contribution in [-0.2, 0) is 9.59 Å². The van der Waals surface area contributed by atoms with Gasteiger partial charge in [0.05, 0.1) is 0 Å². The summed E-state index contributed by atoms with van der Waals surface area (Å²) in [6, 6.07) is 7.21. The minimum Gasteiger partial charge on any atom is -0.326 e. The number of amides is 2. The molecule has 0 saturated carbocycles. The number of unbranched alkanes of at least 4 members (excludes halogenated alkanes) is 1. The van der Waals surface area contributed by atoms with Gasteiger partial charge in [0, 0.05) is 24.2 Å². The van der Waals surface area contributed by atoms with E-state index in [2.05, 4.69) is 17.6 Å². The number of carbonyl (C=O) groups excluding carboxylic acids is 2. The Morgan fingerprint density at radius 3 is 2.35 bits per heavy atom. The van der Waals surface area contributed by atoms with Crippen molar-refractivity contribution in [2.75, 3.05) is 10.6 Å². The van der Waals surface area contributed by atoms with Crippen molar-refractivity contribution in [3.8, 4) is 0 Å². The van der Waals surface area contributed by atoms with Gasteiger partial charge in [-0.05, 0) is 31.0 Å². The fourth-order valence-electron chi connectivity index (χ4n) is 2.09. The van der Waals surface area contributed by atoms with Gasteiger partial charge < -0.3 is 10.6 Å². The molecule has 0 aromatic heterocycles. The van der Waals surface area contributed by atoms with Gasteiger partial charge in [-0.2, -0.15) is 0 Å². The molecular formula is C16H24N2O2. The summed E-state index contributed by atoms with van der Waals surface area (Å²) in [5, 5.41) is 5.63. The van der Waals surface area contributed by atoms with Gasteiger partial charge in [0.25, 0.3) is 0 Å². The van der Waals surface area contributed by atoms with Crippen molar-refractivity contribution in [2.45, 2.75) is 46.5 Å². The third kappa shape index (κ3) is 5.43. The van der Waals surface area contributed by atoms with Crippen molar-refractivity contribution < 1.29 is 9.59 Å². The topological polar surface area (TPSA) is 58.2 Å². The van der Waals surface area contributed by atoms with Crippen LogP contribution in [0.2, 0.25) is 0 Å². The minimum absolute atomic E-state index is 0.0550. The zero-order valence-corrected chi connectivity index (χ0v) is 12.5. The first-order chi connectivity index (χ1) is 9.56. The zero-order valence-electron chi connectivity index (χ0n) is 12.5. The molecule has 0 fully saturated rings. The van der Waals surface area contributed by atoms with Gasteiger partial charge in [0.15, 0.2) is 0 Å². The van der Waals surface area contributed by atoms with Crippen LogP contribution in [0.5, 0.6) is 0 Å². The number of rotatable bonds is 7. The molecule has 0 aliphatic rings. The zero-order chi connectivity index (χ0) is 15.0. The Labute approximate surface area is 121 Å². The van der Waals surface area contributed by atoms with Gasteiger partial charge in [-0.1, -0.05) is 32.8 Å². The summed E-state index contributed by atoms with van der Waals surface area (Å²) in [6.45, 7) is 5.62. The lowest BCUT2D eigenvalue weighted by molar-refractivity contribution is -0.120. The van der Waals surface area contributed by atoms with E-state index in [1.165, 1.54) is 6.92 Å². The lowest BCUT2D eigenvalue weighted by atomic mass is 9.98. The maximum atomic E-state index is 12.2. The van der Waals surface area contributed by atoms with E-state index in [-0.39, 0.29) is 17.7 Å². The van der Waals surface area contributed by atoms with Gasteiger partial charge >= 0.3 is 0 Å². The van der Waals surface area contributed by atoms with Crippen LogP contribution in [0.15, 0.2) is 24.3 Å². The first-order valence-electron chi connectivity index (χ1n) is 7.25. The third-order valence-corrected chi connectivity index (χ3v) is 3.22. The molecule has 1 aromatic rings. The first kappa shape index (κ1) is 16.2. The molecule has 1 atom stereocenters. The Morgan fingerprint density at radius 2 is 1.80 bits per heavy atom. The van der Waals surface area contributed by atoms with Crippen LogP contribution >= 0.6 is 0 Å². The standard InChI is InChI=1S/C16H24N2O2/c1-4-6-8-13(5-2)16(20)18-15-10-7-9-14(11-15)17-12(3)19/h7,9-11,13H,4-6,8H2,1-3H3,(H,17,19)(H,18,20). The molecule has 0 radical (unpaired) electrons. The lowest BCUT2D eigenvalue weighted by Gasteiger charge is -2.15. The summed E-state index contributed by atoms with van der Waals surface area (Å²) in [4.78, 5) is 23.2. The molecule has 110 valence electrons. The molecule has 0 aliphatic carbocycles. The summed E-state index contributed by atoms with van der Waals surface area (Å²) >= 11 is 0. The highest BCUT2D eigenvalue weighted by atomic mass is 16.2. The highest BCUT2D eigenvalue weighted by Crippen LogP contribution is 2.19. The Hall–Kier alpha value is -1.84. The van der Waals surface area contributed by atoms with Crippen molar-refractivity contribution >= 4 is 23.2 Å². The van der Waals surface area contributed by atoms with Crippen LogP contribution in [0.1, 0.15) is 46.5 Å².